The molecular weight excluding hydrogens is 126 g/mol. The molecule has 0 bridgehead atoms. The summed E-state index contributed by atoms with van der Waals surface area (Å²) in [6.07, 6.45) is 3.63. The van der Waals surface area contributed by atoms with E-state index in [0.717, 1.165) is 5.69 Å². The number of nitrogens with zero attached hydrogens (tertiary/aromatic N) is 1. The second-order valence-electron chi connectivity index (χ2n) is 2.09. The first-order valence-corrected chi connectivity index (χ1v) is 3.12. The lowest BCUT2D eigenvalue weighted by Gasteiger charge is -2.02. The van der Waals surface area contributed by atoms with E-state index in [9.17, 15) is 0 Å². The summed E-state index contributed by atoms with van der Waals surface area (Å²) in [6.45, 7) is 1.81. The predicted molar refractivity (Wildman–Crippen MR) is 39.5 cm³/mol. The van der Waals surface area contributed by atoms with Crippen LogP contribution in [0.4, 0.5) is 5.69 Å². The third kappa shape index (κ3) is 1.52. The van der Waals surface area contributed by atoms with Gasteiger partial charge in [0.1, 0.15) is 6.04 Å². The van der Waals surface area contributed by atoms with Crippen molar-refractivity contribution in [1.82, 2.24) is 4.98 Å². The molecule has 1 aromatic heterocycles. The Labute approximate surface area is 59.7 Å². The number of hydrogen-bond donors (Lipinski definition) is 2. The molecule has 3 nitrogen and oxygen atoms in total. The molecule has 0 saturated heterocycles. The van der Waals surface area contributed by atoms with Gasteiger partial charge in [0, 0.05) is 12.4 Å². The van der Waals surface area contributed by atoms with E-state index < -0.39 is 0 Å². The molecule has 1 rings (SSSR count). The lowest BCUT2D eigenvalue weighted by atomic mass is 10.3. The van der Waals surface area contributed by atoms with Crippen LogP contribution in [0.15, 0.2) is 18.5 Å². The molecule has 10 heavy (non-hydrogen) atoms. The molecule has 1 unspecified atom stereocenters. The summed E-state index contributed by atoms with van der Waals surface area (Å²) in [4.78, 5) is 2.89. The van der Waals surface area contributed by atoms with E-state index in [4.69, 9.17) is 5.26 Å². The normalized spacial score (nSPS) is 12.0. The van der Waals surface area contributed by atoms with Crippen LogP contribution in [0.5, 0.6) is 0 Å². The van der Waals surface area contributed by atoms with Gasteiger partial charge < -0.3 is 10.3 Å². The minimum atomic E-state index is -0.129. The summed E-state index contributed by atoms with van der Waals surface area (Å²) in [7, 11) is 0. The highest BCUT2D eigenvalue weighted by molar-refractivity contribution is 5.42. The molecule has 52 valence electrons. The van der Waals surface area contributed by atoms with Gasteiger partial charge in [-0.1, -0.05) is 0 Å². The van der Waals surface area contributed by atoms with E-state index in [-0.39, 0.29) is 6.04 Å². The number of nitrogens with one attached hydrogen (secondary N) is 2. The minimum absolute atomic E-state index is 0.129. The van der Waals surface area contributed by atoms with Gasteiger partial charge in [-0.3, -0.25) is 0 Å². The number of anilines is 1. The van der Waals surface area contributed by atoms with Crippen LogP contribution in [-0.2, 0) is 0 Å². The fraction of sp³-hybridized carbons (Fsp3) is 0.286. The summed E-state index contributed by atoms with van der Waals surface area (Å²) in [5, 5.41) is 11.4. The van der Waals surface area contributed by atoms with Crippen molar-refractivity contribution < 1.29 is 0 Å². The molecule has 0 amide bonds. The number of hydrogen-bond acceptors (Lipinski definition) is 2. The van der Waals surface area contributed by atoms with Crippen molar-refractivity contribution in [2.75, 3.05) is 5.32 Å². The van der Waals surface area contributed by atoms with Crippen LogP contribution in [0, 0.1) is 11.3 Å². The van der Waals surface area contributed by atoms with Crippen LogP contribution >= 0.6 is 0 Å². The van der Waals surface area contributed by atoms with Gasteiger partial charge in [0.25, 0.3) is 0 Å². The maximum Gasteiger partial charge on any atom is 0.111 e. The first kappa shape index (κ1) is 6.69. The van der Waals surface area contributed by atoms with Crippen molar-refractivity contribution in [1.29, 1.82) is 5.26 Å². The molecule has 0 aliphatic rings. The van der Waals surface area contributed by atoms with Crippen LogP contribution in [0.2, 0.25) is 0 Å². The zero-order valence-corrected chi connectivity index (χ0v) is 5.76. The third-order valence-corrected chi connectivity index (χ3v) is 1.17. The maximum atomic E-state index is 8.41. The Kier molecular flexibility index (Phi) is 1.96. The molecule has 1 aromatic rings. The molecular formula is C7H9N3. The van der Waals surface area contributed by atoms with E-state index in [1.807, 2.05) is 25.4 Å². The van der Waals surface area contributed by atoms with Crippen molar-refractivity contribution in [3.63, 3.8) is 0 Å². The van der Waals surface area contributed by atoms with Gasteiger partial charge in [-0.05, 0) is 13.0 Å². The Balaban J connectivity index is 2.50. The van der Waals surface area contributed by atoms with Crippen LogP contribution < -0.4 is 5.32 Å². The molecule has 0 aromatic carbocycles. The average molecular weight is 135 g/mol. The lowest BCUT2D eigenvalue weighted by molar-refractivity contribution is 1.01. The highest BCUT2D eigenvalue weighted by atomic mass is 14.9. The quantitative estimate of drug-likeness (QED) is 0.642. The third-order valence-electron chi connectivity index (χ3n) is 1.17. The summed E-state index contributed by atoms with van der Waals surface area (Å²) in [5.41, 5.74) is 0.953. The number of aromatic nitrogens is 1. The van der Waals surface area contributed by atoms with Crippen molar-refractivity contribution in [3.8, 4) is 6.07 Å². The Morgan fingerprint density at radius 2 is 2.60 bits per heavy atom. The van der Waals surface area contributed by atoms with Crippen molar-refractivity contribution in [2.45, 2.75) is 13.0 Å². The van der Waals surface area contributed by atoms with E-state index in [2.05, 4.69) is 16.4 Å². The topological polar surface area (TPSA) is 51.6 Å². The molecule has 0 fully saturated rings. The summed E-state index contributed by atoms with van der Waals surface area (Å²) in [5.74, 6) is 0. The highest BCUT2D eigenvalue weighted by Crippen LogP contribution is 2.04. The highest BCUT2D eigenvalue weighted by Gasteiger charge is 1.96. The van der Waals surface area contributed by atoms with Crippen molar-refractivity contribution >= 4 is 5.69 Å². The van der Waals surface area contributed by atoms with Gasteiger partial charge in [0.2, 0.25) is 0 Å². The molecule has 3 heteroatoms. The molecule has 0 spiro atoms. The van der Waals surface area contributed by atoms with Gasteiger partial charge in [-0.15, -0.1) is 0 Å². The van der Waals surface area contributed by atoms with E-state index in [1.54, 1.807) is 0 Å². The van der Waals surface area contributed by atoms with E-state index in [1.165, 1.54) is 0 Å². The Morgan fingerprint density at radius 1 is 1.80 bits per heavy atom. The molecule has 0 saturated carbocycles. The molecule has 0 radical (unpaired) electrons. The number of nitriles is 1. The smallest absolute Gasteiger partial charge is 0.111 e. The van der Waals surface area contributed by atoms with E-state index in [0.29, 0.717) is 0 Å². The first-order valence-electron chi connectivity index (χ1n) is 3.12. The van der Waals surface area contributed by atoms with Gasteiger partial charge >= 0.3 is 0 Å². The van der Waals surface area contributed by atoms with Crippen LogP contribution in [-0.4, -0.2) is 11.0 Å². The molecule has 1 heterocycles. The van der Waals surface area contributed by atoms with Crippen LogP contribution in [0.1, 0.15) is 6.92 Å². The molecule has 0 aliphatic carbocycles. The van der Waals surface area contributed by atoms with Crippen LogP contribution in [0.25, 0.3) is 0 Å². The van der Waals surface area contributed by atoms with Gasteiger partial charge in [0.15, 0.2) is 0 Å². The van der Waals surface area contributed by atoms with Gasteiger partial charge in [-0.2, -0.15) is 5.26 Å². The maximum absolute atomic E-state index is 8.41. The van der Waals surface area contributed by atoms with Gasteiger partial charge in [-0.25, -0.2) is 0 Å². The second kappa shape index (κ2) is 2.92. The fourth-order valence-corrected chi connectivity index (χ4v) is 0.696. The Hall–Kier alpha value is -1.43. The standard InChI is InChI=1S/C7H9N3/c1-6(4-8)10-7-2-3-9-5-7/h2-3,5-6,9-10H,1H3. The first-order chi connectivity index (χ1) is 4.83. The zero-order chi connectivity index (χ0) is 7.40. The number of H-pyrrole nitrogens is 1. The zero-order valence-electron chi connectivity index (χ0n) is 5.76. The minimum Gasteiger partial charge on any atom is -0.369 e. The second-order valence-corrected chi connectivity index (χ2v) is 2.09. The molecule has 1 atom stereocenters. The predicted octanol–water partition coefficient (Wildman–Crippen LogP) is 1.34. The average Bonchev–Trinajstić information content (AvgIpc) is 2.40. The Morgan fingerprint density at radius 3 is 3.10 bits per heavy atom. The van der Waals surface area contributed by atoms with Crippen molar-refractivity contribution in [2.24, 2.45) is 0 Å². The van der Waals surface area contributed by atoms with Crippen molar-refractivity contribution in [3.05, 3.63) is 18.5 Å². The summed E-state index contributed by atoms with van der Waals surface area (Å²) >= 11 is 0. The largest absolute Gasteiger partial charge is 0.369 e. The number of rotatable bonds is 2. The van der Waals surface area contributed by atoms with E-state index >= 15 is 0 Å². The molecule has 0 aliphatic heterocycles. The van der Waals surface area contributed by atoms with Gasteiger partial charge in [0.05, 0.1) is 11.8 Å². The fourth-order valence-electron chi connectivity index (χ4n) is 0.696. The van der Waals surface area contributed by atoms with Crippen LogP contribution in [0.3, 0.4) is 0 Å². The SMILES string of the molecule is CC(C#N)Nc1cc[nH]c1. The summed E-state index contributed by atoms with van der Waals surface area (Å²) < 4.78 is 0. The number of aromatic amines is 1. The Bertz CT molecular complexity index is 219. The monoisotopic (exact) mass is 135 g/mol. The molecule has 2 N–H and O–H groups in total. The summed E-state index contributed by atoms with van der Waals surface area (Å²) in [6, 6.07) is 3.83. The lowest BCUT2D eigenvalue weighted by Crippen LogP contribution is -2.10.